The first-order valence-electron chi connectivity index (χ1n) is 6.30. The van der Waals surface area contributed by atoms with E-state index in [1.54, 1.807) is 0 Å². The number of hydrogen-bond acceptors (Lipinski definition) is 1. The second-order valence-electron chi connectivity index (χ2n) is 4.81. The number of nitrogens with zero attached hydrogens (tertiary/aromatic N) is 3. The fraction of sp³-hybridized carbons (Fsp3) is 0.500. The first-order chi connectivity index (χ1) is 8.45. The van der Waals surface area contributed by atoms with E-state index in [9.17, 15) is 0 Å². The van der Waals surface area contributed by atoms with Crippen molar-refractivity contribution in [3.05, 3.63) is 39.4 Å². The minimum atomic E-state index is 0.786. The first kappa shape index (κ1) is 13.2. The van der Waals surface area contributed by atoms with Gasteiger partial charge in [0.25, 0.3) is 0 Å². The summed E-state index contributed by atoms with van der Waals surface area (Å²) in [4.78, 5) is 0. The van der Waals surface area contributed by atoms with E-state index in [-0.39, 0.29) is 0 Å². The Morgan fingerprint density at radius 2 is 1.89 bits per heavy atom. The summed E-state index contributed by atoms with van der Waals surface area (Å²) in [6, 6.07) is 0. The van der Waals surface area contributed by atoms with Crippen LogP contribution in [0.3, 0.4) is 0 Å². The molecular formula is C14H20ClN3. The van der Waals surface area contributed by atoms with Crippen LogP contribution in [0.1, 0.15) is 35.1 Å². The largest absolute Gasteiger partial charge is 0.345 e. The Bertz CT molecular complexity index is 578. The van der Waals surface area contributed by atoms with E-state index in [1.165, 1.54) is 16.8 Å². The third kappa shape index (κ3) is 2.07. The lowest BCUT2D eigenvalue weighted by Gasteiger charge is -2.09. The normalized spacial score (nSPS) is 11.2. The van der Waals surface area contributed by atoms with E-state index in [0.29, 0.717) is 0 Å². The summed E-state index contributed by atoms with van der Waals surface area (Å²) in [5.74, 6) is 0. The van der Waals surface area contributed by atoms with Crippen LogP contribution in [0, 0.1) is 27.7 Å². The van der Waals surface area contributed by atoms with Crippen LogP contribution >= 0.6 is 11.6 Å². The van der Waals surface area contributed by atoms with Gasteiger partial charge in [-0.05, 0) is 45.7 Å². The third-order valence-corrected chi connectivity index (χ3v) is 4.18. The monoisotopic (exact) mass is 265 g/mol. The average molecular weight is 266 g/mol. The molecule has 0 saturated carbocycles. The van der Waals surface area contributed by atoms with Gasteiger partial charge in [0.2, 0.25) is 0 Å². The quantitative estimate of drug-likeness (QED) is 0.831. The van der Waals surface area contributed by atoms with Crippen molar-refractivity contribution in [2.75, 3.05) is 0 Å². The fourth-order valence-electron chi connectivity index (χ4n) is 2.27. The molecule has 2 rings (SSSR count). The zero-order chi connectivity index (χ0) is 13.4. The molecule has 0 spiro atoms. The van der Waals surface area contributed by atoms with Gasteiger partial charge in [-0.3, -0.25) is 4.68 Å². The molecule has 4 heteroatoms. The molecule has 0 radical (unpaired) electrons. The van der Waals surface area contributed by atoms with Crippen molar-refractivity contribution in [1.29, 1.82) is 0 Å². The molecule has 0 fully saturated rings. The second kappa shape index (κ2) is 4.81. The van der Waals surface area contributed by atoms with Gasteiger partial charge in [0, 0.05) is 18.4 Å². The van der Waals surface area contributed by atoms with Gasteiger partial charge in [0.05, 0.1) is 23.0 Å². The molecule has 18 heavy (non-hydrogen) atoms. The lowest BCUT2D eigenvalue weighted by molar-refractivity contribution is 0.594. The van der Waals surface area contributed by atoms with Crippen molar-refractivity contribution in [3.8, 4) is 0 Å². The smallest absolute Gasteiger partial charge is 0.0865 e. The third-order valence-electron chi connectivity index (χ3n) is 3.69. The fourth-order valence-corrected chi connectivity index (χ4v) is 2.47. The molecule has 3 nitrogen and oxygen atoms in total. The number of halogens is 1. The lowest BCUT2D eigenvalue weighted by atomic mass is 10.2. The van der Waals surface area contributed by atoms with Crippen molar-refractivity contribution in [2.45, 2.75) is 47.7 Å². The summed E-state index contributed by atoms with van der Waals surface area (Å²) in [5, 5.41) is 5.25. The number of hydrogen-bond donors (Lipinski definition) is 0. The van der Waals surface area contributed by atoms with Crippen LogP contribution in [-0.2, 0) is 13.1 Å². The molecular weight excluding hydrogens is 246 g/mol. The van der Waals surface area contributed by atoms with E-state index >= 15 is 0 Å². The molecule has 2 aromatic rings. The Morgan fingerprint density at radius 1 is 1.22 bits per heavy atom. The highest BCUT2D eigenvalue weighted by molar-refractivity contribution is 6.31. The summed E-state index contributed by atoms with van der Waals surface area (Å²) in [7, 11) is 0. The molecule has 0 bridgehead atoms. The van der Waals surface area contributed by atoms with E-state index in [2.05, 4.69) is 43.6 Å². The molecule has 98 valence electrons. The molecule has 0 unspecified atom stereocenters. The predicted molar refractivity (Wildman–Crippen MR) is 75.4 cm³/mol. The Balaban J connectivity index is 2.42. The van der Waals surface area contributed by atoms with Crippen LogP contribution in [0.2, 0.25) is 5.02 Å². The number of aromatic nitrogens is 3. The Labute approximate surface area is 113 Å². The van der Waals surface area contributed by atoms with E-state index < -0.39 is 0 Å². The molecule has 0 aromatic carbocycles. The highest BCUT2D eigenvalue weighted by Gasteiger charge is 2.14. The maximum Gasteiger partial charge on any atom is 0.0865 e. The Kier molecular flexibility index (Phi) is 3.53. The SMILES string of the molecule is CCn1nc(C)c(Cl)c1Cn1cc(C)c(C)c1C. The highest BCUT2D eigenvalue weighted by Crippen LogP contribution is 2.23. The summed E-state index contributed by atoms with van der Waals surface area (Å²) >= 11 is 6.34. The van der Waals surface area contributed by atoms with Gasteiger partial charge < -0.3 is 4.57 Å². The minimum absolute atomic E-state index is 0.786. The van der Waals surface area contributed by atoms with Crippen LogP contribution < -0.4 is 0 Å². The summed E-state index contributed by atoms with van der Waals surface area (Å²) in [6.07, 6.45) is 2.18. The molecule has 0 aliphatic heterocycles. The van der Waals surface area contributed by atoms with Crippen molar-refractivity contribution < 1.29 is 0 Å². The summed E-state index contributed by atoms with van der Waals surface area (Å²) in [6.45, 7) is 12.1. The van der Waals surface area contributed by atoms with Gasteiger partial charge >= 0.3 is 0 Å². The average Bonchev–Trinajstić information content (AvgIpc) is 2.75. The van der Waals surface area contributed by atoms with Crippen molar-refractivity contribution in [2.24, 2.45) is 0 Å². The van der Waals surface area contributed by atoms with E-state index in [4.69, 9.17) is 11.6 Å². The van der Waals surface area contributed by atoms with Gasteiger partial charge in [-0.25, -0.2) is 0 Å². The predicted octanol–water partition coefficient (Wildman–Crippen LogP) is 3.64. The van der Waals surface area contributed by atoms with Gasteiger partial charge in [-0.15, -0.1) is 0 Å². The molecule has 0 N–H and O–H groups in total. The van der Waals surface area contributed by atoms with Crippen LogP contribution in [0.15, 0.2) is 6.20 Å². The second-order valence-corrected chi connectivity index (χ2v) is 5.19. The van der Waals surface area contributed by atoms with Gasteiger partial charge in [0.15, 0.2) is 0 Å². The standard InChI is InChI=1S/C14H20ClN3/c1-6-18-13(14(15)11(4)16-18)8-17-7-9(2)10(3)12(17)5/h7H,6,8H2,1-5H3. The highest BCUT2D eigenvalue weighted by atomic mass is 35.5. The molecule has 2 aromatic heterocycles. The maximum absolute atomic E-state index is 6.34. The topological polar surface area (TPSA) is 22.8 Å². The summed E-state index contributed by atoms with van der Waals surface area (Å²) < 4.78 is 4.24. The minimum Gasteiger partial charge on any atom is -0.345 e. The van der Waals surface area contributed by atoms with E-state index in [0.717, 1.165) is 29.5 Å². The number of rotatable bonds is 3. The molecule has 0 aliphatic rings. The maximum atomic E-state index is 6.34. The lowest BCUT2D eigenvalue weighted by Crippen LogP contribution is -2.08. The molecule has 0 saturated heterocycles. The van der Waals surface area contributed by atoms with Crippen molar-refractivity contribution >= 4 is 11.6 Å². The van der Waals surface area contributed by atoms with Crippen LogP contribution in [0.5, 0.6) is 0 Å². The van der Waals surface area contributed by atoms with Gasteiger partial charge in [-0.1, -0.05) is 11.6 Å². The molecule has 2 heterocycles. The van der Waals surface area contributed by atoms with E-state index in [1.807, 2.05) is 11.6 Å². The Morgan fingerprint density at radius 3 is 2.39 bits per heavy atom. The van der Waals surface area contributed by atoms with Crippen molar-refractivity contribution in [1.82, 2.24) is 14.3 Å². The first-order valence-corrected chi connectivity index (χ1v) is 6.68. The zero-order valence-electron chi connectivity index (χ0n) is 11.7. The van der Waals surface area contributed by atoms with Gasteiger partial charge in [0.1, 0.15) is 0 Å². The van der Waals surface area contributed by atoms with Crippen LogP contribution in [-0.4, -0.2) is 14.3 Å². The van der Waals surface area contributed by atoms with Crippen LogP contribution in [0.4, 0.5) is 0 Å². The Hall–Kier alpha value is -1.22. The number of aryl methyl sites for hydroxylation is 3. The van der Waals surface area contributed by atoms with Crippen molar-refractivity contribution in [3.63, 3.8) is 0 Å². The molecule has 0 amide bonds. The molecule has 0 aliphatic carbocycles. The molecule has 0 atom stereocenters. The zero-order valence-corrected chi connectivity index (χ0v) is 12.5. The van der Waals surface area contributed by atoms with Gasteiger partial charge in [-0.2, -0.15) is 5.10 Å². The summed E-state index contributed by atoms with van der Waals surface area (Å²) in [5.41, 5.74) is 5.97. The van der Waals surface area contributed by atoms with Crippen LogP contribution in [0.25, 0.3) is 0 Å².